The fourth-order valence-electron chi connectivity index (χ4n) is 16.9. The van der Waals surface area contributed by atoms with E-state index in [4.69, 9.17) is 38.7 Å². The molecule has 114 heavy (non-hydrogen) atoms. The van der Waals surface area contributed by atoms with Crippen LogP contribution in [-0.2, 0) is 0 Å². The molecule has 0 spiro atoms. The summed E-state index contributed by atoms with van der Waals surface area (Å²) < 4.78 is 24.7. The second-order valence-corrected chi connectivity index (χ2v) is 33.3. The minimum Gasteiger partial charge on any atom is -0.455 e. The number of rotatable bonds is 11. The van der Waals surface area contributed by atoms with Gasteiger partial charge in [-0.3, -0.25) is 0 Å². The van der Waals surface area contributed by atoms with Crippen LogP contribution in [0.15, 0.2) is 349 Å². The van der Waals surface area contributed by atoms with Gasteiger partial charge in [0.25, 0.3) is 0 Å². The summed E-state index contributed by atoms with van der Waals surface area (Å²) >= 11 is 7.35. The number of benzene rings is 16. The molecule has 0 aliphatic rings. The Morgan fingerprint density at radius 1 is 0.158 bits per heavy atom. The van der Waals surface area contributed by atoms with E-state index in [9.17, 15) is 0 Å². The number of fused-ring (bicyclic) bond motifs is 18. The minimum atomic E-state index is 0.534. The Hall–Kier alpha value is -14.0. The SMILES string of the molecule is c1ccc(-c2nc(-c3ccccc3)nc(-c3cccc4c3oc3c(-c5ccc6c(c5)sc5ccc(-c7cc(-c8cc(-c9cccc%10c9sc9ccccc9%10)c9oc%10c(-c%11nc(-c%12ccccc%12)nc(-c%12ccccc%12)n%11)cccc%10c9c8)c8sc9ccccc9c8c7)cc56)cc(-c5ccc6c(c5)sc5ccccc56)cc34)n2)cc1. The lowest BCUT2D eigenvalue weighted by atomic mass is 9.91. The van der Waals surface area contributed by atoms with E-state index in [1.54, 1.807) is 0 Å². The zero-order chi connectivity index (χ0) is 74.6. The Labute approximate surface area is 667 Å². The molecule has 0 unspecified atom stereocenters. The molecule has 24 aromatic rings. The van der Waals surface area contributed by atoms with Crippen molar-refractivity contribution in [3.63, 3.8) is 0 Å². The molecule has 0 aliphatic carbocycles. The lowest BCUT2D eigenvalue weighted by molar-refractivity contribution is 0.670. The molecule has 8 aromatic heterocycles. The smallest absolute Gasteiger partial charge is 0.167 e. The maximum Gasteiger partial charge on any atom is 0.167 e. The van der Waals surface area contributed by atoms with E-state index < -0.39 is 0 Å². The largest absolute Gasteiger partial charge is 0.455 e. The first-order valence-electron chi connectivity index (χ1n) is 37.9. The average Bonchev–Trinajstić information content (AvgIpc) is 1.58. The van der Waals surface area contributed by atoms with Crippen LogP contribution in [0.1, 0.15) is 0 Å². The number of nitrogens with zero attached hydrogens (tertiary/aromatic N) is 6. The number of thiophene rings is 4. The van der Waals surface area contributed by atoms with Gasteiger partial charge in [-0.2, -0.15) is 0 Å². The van der Waals surface area contributed by atoms with Crippen LogP contribution in [0.4, 0.5) is 0 Å². The Morgan fingerprint density at radius 3 is 1.05 bits per heavy atom. The van der Waals surface area contributed by atoms with Crippen molar-refractivity contribution in [2.75, 3.05) is 0 Å². The van der Waals surface area contributed by atoms with Crippen LogP contribution in [0.3, 0.4) is 0 Å². The zero-order valence-corrected chi connectivity index (χ0v) is 63.7. The number of aromatic nitrogens is 6. The first-order chi connectivity index (χ1) is 56.4. The van der Waals surface area contributed by atoms with Gasteiger partial charge in [-0.1, -0.05) is 249 Å². The molecule has 8 heterocycles. The Kier molecular flexibility index (Phi) is 14.7. The lowest BCUT2D eigenvalue weighted by Crippen LogP contribution is -2.00. The molecule has 0 saturated heterocycles. The van der Waals surface area contributed by atoms with E-state index in [2.05, 4.69) is 218 Å². The second-order valence-electron chi connectivity index (χ2n) is 29.1. The van der Waals surface area contributed by atoms with Gasteiger partial charge in [0.2, 0.25) is 0 Å². The van der Waals surface area contributed by atoms with Gasteiger partial charge in [0.05, 0.1) is 11.1 Å². The Balaban J connectivity index is 0.678. The van der Waals surface area contributed by atoms with E-state index >= 15 is 0 Å². The van der Waals surface area contributed by atoms with Crippen molar-refractivity contribution in [3.05, 3.63) is 340 Å². The molecule has 12 heteroatoms. The highest BCUT2D eigenvalue weighted by molar-refractivity contribution is 7.27. The predicted molar refractivity (Wildman–Crippen MR) is 479 cm³/mol. The van der Waals surface area contributed by atoms with Crippen LogP contribution >= 0.6 is 45.3 Å². The minimum absolute atomic E-state index is 0.534. The summed E-state index contributed by atoms with van der Waals surface area (Å²) in [5.41, 5.74) is 19.1. The van der Waals surface area contributed by atoms with Gasteiger partial charge < -0.3 is 8.83 Å². The predicted octanol–water partition coefficient (Wildman–Crippen LogP) is 29.7. The van der Waals surface area contributed by atoms with Crippen LogP contribution in [0.25, 0.3) is 249 Å². The first-order valence-corrected chi connectivity index (χ1v) is 41.2. The molecular formula is C102H56N6O2S4. The summed E-state index contributed by atoms with van der Waals surface area (Å²) in [5.74, 6) is 3.43. The van der Waals surface area contributed by atoms with E-state index in [0.29, 0.717) is 46.1 Å². The van der Waals surface area contributed by atoms with Gasteiger partial charge in [0, 0.05) is 147 Å². The average molecular weight is 1530 g/mol. The van der Waals surface area contributed by atoms with Gasteiger partial charge in [-0.05, 0) is 124 Å². The molecule has 8 nitrogen and oxygen atoms in total. The topological polar surface area (TPSA) is 104 Å². The van der Waals surface area contributed by atoms with Gasteiger partial charge in [-0.25, -0.2) is 29.9 Å². The Morgan fingerprint density at radius 2 is 0.500 bits per heavy atom. The Bertz CT molecular complexity index is 8010. The van der Waals surface area contributed by atoms with E-state index in [0.717, 1.165) is 122 Å². The van der Waals surface area contributed by atoms with Gasteiger partial charge in [-0.15, -0.1) is 45.3 Å². The highest BCUT2D eigenvalue weighted by Crippen LogP contribution is 2.52. The van der Waals surface area contributed by atoms with Crippen molar-refractivity contribution in [2.24, 2.45) is 0 Å². The van der Waals surface area contributed by atoms with Crippen molar-refractivity contribution in [3.8, 4) is 124 Å². The molecule has 0 N–H and O–H groups in total. The summed E-state index contributed by atoms with van der Waals surface area (Å²) in [6.07, 6.45) is 0. The highest BCUT2D eigenvalue weighted by atomic mass is 32.1. The molecule has 0 amide bonds. The van der Waals surface area contributed by atoms with Crippen molar-refractivity contribution in [1.29, 1.82) is 0 Å². The van der Waals surface area contributed by atoms with Crippen LogP contribution in [0, 0.1) is 0 Å². The molecular weight excluding hydrogens is 1470 g/mol. The molecule has 0 bridgehead atoms. The van der Waals surface area contributed by atoms with Crippen LogP contribution in [-0.4, -0.2) is 29.9 Å². The van der Waals surface area contributed by atoms with E-state index in [1.165, 1.54) is 80.7 Å². The lowest BCUT2D eigenvalue weighted by Gasteiger charge is -2.12. The second kappa shape index (κ2) is 25.8. The van der Waals surface area contributed by atoms with Crippen LogP contribution < -0.4 is 0 Å². The standard InChI is InChI=1S/C102H56N6O2S4/c1-5-22-57(23-6-1)97-103-98(58-24-7-2-8-25-58)106-101(105-97)76-37-19-33-72-81-51-64(62-42-45-70-67-30-13-16-39-85(67)111-89(70)55-62)49-78(93(81)109-91(72)76)63-43-46-71-80-48-61(44-47-88(80)112-90(71)56-63)65-50-79(96-84(52-65)69-32-15-18-41-87(69)114-96)66-53-82-73-34-20-38-77(102-107-99(59-26-9-3-10-27-59)104-100(108-102)60-28-11-4-12-29-60)92(73)110-94(82)83(54-66)75-36-21-35-74-68-31-14-17-40-86(68)113-95(74)75/h1-56H. The molecule has 0 saturated carbocycles. The number of furan rings is 2. The highest BCUT2D eigenvalue weighted by Gasteiger charge is 2.27. The number of hydrogen-bond acceptors (Lipinski definition) is 12. The summed E-state index contributed by atoms with van der Waals surface area (Å²) in [4.78, 5) is 31.1. The summed E-state index contributed by atoms with van der Waals surface area (Å²) in [6.45, 7) is 0. The van der Waals surface area contributed by atoms with Crippen LogP contribution in [0.2, 0.25) is 0 Å². The third kappa shape index (κ3) is 10.5. The van der Waals surface area contributed by atoms with E-state index in [-0.39, 0.29) is 0 Å². The summed E-state index contributed by atoms with van der Waals surface area (Å²) in [6, 6.07) is 122. The molecule has 0 aliphatic heterocycles. The molecule has 16 aromatic carbocycles. The molecule has 0 radical (unpaired) electrons. The maximum absolute atomic E-state index is 7.48. The third-order valence-corrected chi connectivity index (χ3v) is 27.1. The van der Waals surface area contributed by atoms with Crippen molar-refractivity contribution in [1.82, 2.24) is 29.9 Å². The van der Waals surface area contributed by atoms with Gasteiger partial charge in [0.15, 0.2) is 34.9 Å². The van der Waals surface area contributed by atoms with Crippen molar-refractivity contribution >= 4 is 170 Å². The molecule has 0 atom stereocenters. The normalized spacial score (nSPS) is 12.0. The van der Waals surface area contributed by atoms with Gasteiger partial charge >= 0.3 is 0 Å². The molecule has 24 rings (SSSR count). The third-order valence-electron chi connectivity index (χ3n) is 22.4. The monoisotopic (exact) mass is 1520 g/mol. The summed E-state index contributed by atoms with van der Waals surface area (Å²) in [5, 5.41) is 13.8. The fraction of sp³-hybridized carbons (Fsp3) is 0. The van der Waals surface area contributed by atoms with Crippen molar-refractivity contribution in [2.45, 2.75) is 0 Å². The quantitative estimate of drug-likeness (QED) is 0.126. The van der Waals surface area contributed by atoms with Crippen LogP contribution in [0.5, 0.6) is 0 Å². The van der Waals surface area contributed by atoms with Crippen molar-refractivity contribution < 1.29 is 8.83 Å². The van der Waals surface area contributed by atoms with E-state index in [1.807, 2.05) is 167 Å². The fourth-order valence-corrected chi connectivity index (χ4v) is 21.7. The number of hydrogen-bond donors (Lipinski definition) is 0. The maximum atomic E-state index is 7.48. The number of para-hydroxylation sites is 2. The molecule has 530 valence electrons. The summed E-state index contributed by atoms with van der Waals surface area (Å²) in [7, 11) is 0. The molecule has 0 fully saturated rings. The first kappa shape index (κ1) is 64.8. The zero-order valence-electron chi connectivity index (χ0n) is 60.5. The van der Waals surface area contributed by atoms with Gasteiger partial charge in [0.1, 0.15) is 22.3 Å².